The van der Waals surface area contributed by atoms with Crippen LogP contribution >= 0.6 is 0 Å². The van der Waals surface area contributed by atoms with Crippen molar-refractivity contribution in [3.8, 4) is 0 Å². The van der Waals surface area contributed by atoms with E-state index in [4.69, 9.17) is 0 Å². The Balaban J connectivity index is 4.02. The Bertz CT molecular complexity index is 571. The standard InChI is InChI=1S/C28H46/c1-8-9-16-25(4)20-13-21-26(5)17-10-11-18-27(6)22-14-23-28(7)19-12-15-24(2)3/h8,15,17-18,20,23H,1,9-14,16,19,21-22H2,2-7H3. The zero-order valence-electron chi connectivity index (χ0n) is 19.7. The average Bonchev–Trinajstić information content (AvgIpc) is 2.63. The van der Waals surface area contributed by atoms with Gasteiger partial charge in [-0.15, -0.1) is 6.58 Å². The second-order valence-electron chi connectivity index (χ2n) is 8.50. The summed E-state index contributed by atoms with van der Waals surface area (Å²) in [6, 6.07) is 0. The SMILES string of the molecule is C=CCCC(C)=CCCC(C)=CCCC=C(C)CCC=C(C)CCC=C(C)C. The van der Waals surface area contributed by atoms with Crippen LogP contribution in [0.25, 0.3) is 0 Å². The molecule has 28 heavy (non-hydrogen) atoms. The van der Waals surface area contributed by atoms with E-state index < -0.39 is 0 Å². The molecule has 0 aliphatic rings. The molecule has 0 saturated carbocycles. The highest BCUT2D eigenvalue weighted by Gasteiger charge is 1.94. The van der Waals surface area contributed by atoms with Crippen LogP contribution in [0.5, 0.6) is 0 Å². The number of allylic oxidation sites excluding steroid dienone is 11. The Morgan fingerprint density at radius 2 is 0.786 bits per heavy atom. The predicted molar refractivity (Wildman–Crippen MR) is 131 cm³/mol. The van der Waals surface area contributed by atoms with E-state index in [2.05, 4.69) is 78.5 Å². The van der Waals surface area contributed by atoms with E-state index in [1.807, 2.05) is 6.08 Å². The van der Waals surface area contributed by atoms with Crippen molar-refractivity contribution in [1.82, 2.24) is 0 Å². The largest absolute Gasteiger partial charge is 0.103 e. The fourth-order valence-corrected chi connectivity index (χ4v) is 3.08. The van der Waals surface area contributed by atoms with Gasteiger partial charge < -0.3 is 0 Å². The molecule has 0 rings (SSSR count). The first-order valence-corrected chi connectivity index (χ1v) is 11.2. The normalized spacial score (nSPS) is 13.6. The zero-order valence-corrected chi connectivity index (χ0v) is 19.7. The van der Waals surface area contributed by atoms with Crippen molar-refractivity contribution >= 4 is 0 Å². The Kier molecular flexibility index (Phi) is 16.6. The molecule has 0 bridgehead atoms. The van der Waals surface area contributed by atoms with Crippen LogP contribution in [0.4, 0.5) is 0 Å². The zero-order chi connectivity index (χ0) is 21.2. The van der Waals surface area contributed by atoms with Crippen LogP contribution in [-0.2, 0) is 0 Å². The minimum Gasteiger partial charge on any atom is -0.103 e. The molecule has 0 heterocycles. The molecule has 0 radical (unpaired) electrons. The highest BCUT2D eigenvalue weighted by molar-refractivity contribution is 5.07. The van der Waals surface area contributed by atoms with Crippen LogP contribution in [0.15, 0.2) is 70.9 Å². The molecule has 158 valence electrons. The highest BCUT2D eigenvalue weighted by Crippen LogP contribution is 2.14. The number of hydrogen-bond acceptors (Lipinski definition) is 0. The van der Waals surface area contributed by atoms with E-state index in [9.17, 15) is 0 Å². The number of unbranched alkanes of at least 4 members (excludes halogenated alkanes) is 1. The molecule has 0 aromatic carbocycles. The molecule has 0 aliphatic heterocycles. The molecule has 0 N–H and O–H groups in total. The lowest BCUT2D eigenvalue weighted by molar-refractivity contribution is 0.897. The third kappa shape index (κ3) is 17.8. The molecule has 0 aliphatic carbocycles. The Morgan fingerprint density at radius 3 is 1.14 bits per heavy atom. The molecule has 0 saturated heterocycles. The average molecular weight is 383 g/mol. The van der Waals surface area contributed by atoms with Gasteiger partial charge in [0.05, 0.1) is 0 Å². The highest BCUT2D eigenvalue weighted by atomic mass is 14.0. The van der Waals surface area contributed by atoms with E-state index in [1.165, 1.54) is 79.2 Å². The molecule has 0 aromatic rings. The molecule has 0 amide bonds. The number of hydrogen-bond donors (Lipinski definition) is 0. The van der Waals surface area contributed by atoms with Gasteiger partial charge in [-0.3, -0.25) is 0 Å². The van der Waals surface area contributed by atoms with Gasteiger partial charge in [0.25, 0.3) is 0 Å². The maximum atomic E-state index is 3.79. The molecule has 0 aromatic heterocycles. The third-order valence-corrected chi connectivity index (χ3v) is 5.05. The van der Waals surface area contributed by atoms with Crippen molar-refractivity contribution in [2.24, 2.45) is 0 Å². The summed E-state index contributed by atoms with van der Waals surface area (Å²) < 4.78 is 0. The second-order valence-corrected chi connectivity index (χ2v) is 8.50. The van der Waals surface area contributed by atoms with Gasteiger partial charge in [-0.05, 0) is 106 Å². The van der Waals surface area contributed by atoms with Crippen LogP contribution in [0, 0.1) is 0 Å². The van der Waals surface area contributed by atoms with E-state index in [1.54, 1.807) is 0 Å². The second kappa shape index (κ2) is 17.5. The van der Waals surface area contributed by atoms with E-state index in [0.717, 1.165) is 12.8 Å². The summed E-state index contributed by atoms with van der Waals surface area (Å²) in [5.41, 5.74) is 7.49. The van der Waals surface area contributed by atoms with Crippen molar-refractivity contribution in [2.75, 3.05) is 0 Å². The van der Waals surface area contributed by atoms with Crippen molar-refractivity contribution < 1.29 is 0 Å². The van der Waals surface area contributed by atoms with E-state index >= 15 is 0 Å². The Hall–Kier alpha value is -1.56. The van der Waals surface area contributed by atoms with Crippen LogP contribution in [-0.4, -0.2) is 0 Å². The topological polar surface area (TPSA) is 0 Å². The summed E-state index contributed by atoms with van der Waals surface area (Å²) in [5.74, 6) is 0. The molecule has 0 atom stereocenters. The monoisotopic (exact) mass is 382 g/mol. The van der Waals surface area contributed by atoms with Crippen molar-refractivity contribution in [2.45, 2.75) is 106 Å². The maximum Gasteiger partial charge on any atom is -0.0288 e. The summed E-state index contributed by atoms with van der Waals surface area (Å²) in [6.45, 7) is 17.2. The quantitative estimate of drug-likeness (QED) is 0.195. The smallest absolute Gasteiger partial charge is 0.0288 e. The van der Waals surface area contributed by atoms with Gasteiger partial charge >= 0.3 is 0 Å². The predicted octanol–water partition coefficient (Wildman–Crippen LogP) is 9.82. The molecule has 0 unspecified atom stereocenters. The molecule has 0 spiro atoms. The summed E-state index contributed by atoms with van der Waals surface area (Å²) in [6.07, 6.45) is 25.7. The van der Waals surface area contributed by atoms with E-state index in [-0.39, 0.29) is 0 Å². The van der Waals surface area contributed by atoms with Crippen LogP contribution < -0.4 is 0 Å². The molecular formula is C28H46. The lowest BCUT2D eigenvalue weighted by Crippen LogP contribution is -1.82. The molecule has 0 heteroatoms. The number of rotatable bonds is 15. The van der Waals surface area contributed by atoms with Gasteiger partial charge in [-0.2, -0.15) is 0 Å². The van der Waals surface area contributed by atoms with Gasteiger partial charge in [0.2, 0.25) is 0 Å². The van der Waals surface area contributed by atoms with Gasteiger partial charge in [-0.1, -0.05) is 64.3 Å². The lowest BCUT2D eigenvalue weighted by Gasteiger charge is -2.02. The summed E-state index contributed by atoms with van der Waals surface area (Å²) in [4.78, 5) is 0. The fraction of sp³-hybridized carbons (Fsp3) is 0.571. The van der Waals surface area contributed by atoms with Crippen LogP contribution in [0.1, 0.15) is 106 Å². The maximum absolute atomic E-state index is 3.79. The first kappa shape index (κ1) is 26.4. The third-order valence-electron chi connectivity index (χ3n) is 5.05. The Labute approximate surface area is 176 Å². The first-order chi connectivity index (χ1) is 13.3. The van der Waals surface area contributed by atoms with Crippen molar-refractivity contribution in [3.63, 3.8) is 0 Å². The molecule has 0 fully saturated rings. The first-order valence-electron chi connectivity index (χ1n) is 11.2. The van der Waals surface area contributed by atoms with Gasteiger partial charge in [0, 0.05) is 0 Å². The van der Waals surface area contributed by atoms with Gasteiger partial charge in [-0.25, -0.2) is 0 Å². The van der Waals surface area contributed by atoms with Crippen molar-refractivity contribution in [3.05, 3.63) is 70.9 Å². The van der Waals surface area contributed by atoms with Gasteiger partial charge in [0.15, 0.2) is 0 Å². The van der Waals surface area contributed by atoms with Crippen LogP contribution in [0.3, 0.4) is 0 Å². The van der Waals surface area contributed by atoms with Gasteiger partial charge in [0.1, 0.15) is 0 Å². The van der Waals surface area contributed by atoms with Crippen molar-refractivity contribution in [1.29, 1.82) is 0 Å². The minimum absolute atomic E-state index is 1.09. The molecule has 0 nitrogen and oxygen atoms in total. The van der Waals surface area contributed by atoms with Crippen LogP contribution in [0.2, 0.25) is 0 Å². The molecular weight excluding hydrogens is 336 g/mol. The minimum atomic E-state index is 1.09. The lowest BCUT2D eigenvalue weighted by atomic mass is 10.0. The summed E-state index contributed by atoms with van der Waals surface area (Å²) in [5, 5.41) is 0. The Morgan fingerprint density at radius 1 is 0.464 bits per heavy atom. The van der Waals surface area contributed by atoms with E-state index in [0.29, 0.717) is 0 Å². The summed E-state index contributed by atoms with van der Waals surface area (Å²) in [7, 11) is 0. The fourth-order valence-electron chi connectivity index (χ4n) is 3.08. The summed E-state index contributed by atoms with van der Waals surface area (Å²) >= 11 is 0.